The summed E-state index contributed by atoms with van der Waals surface area (Å²) >= 11 is 13.2. The van der Waals surface area contributed by atoms with Gasteiger partial charge in [-0.2, -0.15) is 5.10 Å². The lowest BCUT2D eigenvalue weighted by molar-refractivity contribution is -0.122. The van der Waals surface area contributed by atoms with E-state index in [1.165, 1.54) is 11.8 Å². The molecule has 2 N–H and O–H groups in total. The van der Waals surface area contributed by atoms with Gasteiger partial charge in [-0.15, -0.1) is 5.10 Å². The van der Waals surface area contributed by atoms with Gasteiger partial charge in [0.25, 0.3) is 0 Å². The second-order valence-corrected chi connectivity index (χ2v) is 8.26. The molecule has 2 rings (SSSR count). The van der Waals surface area contributed by atoms with Crippen LogP contribution in [-0.4, -0.2) is 27.9 Å². The minimum absolute atomic E-state index is 0.00689. The Hall–Kier alpha value is -1.57. The van der Waals surface area contributed by atoms with E-state index in [1.807, 2.05) is 6.92 Å². The molecule has 26 heavy (non-hydrogen) atoms. The monoisotopic (exact) mass is 414 g/mol. The van der Waals surface area contributed by atoms with E-state index < -0.39 is 5.25 Å². The molecule has 0 aliphatic carbocycles. The Morgan fingerprint density at radius 2 is 2.12 bits per heavy atom. The first-order chi connectivity index (χ1) is 12.3. The van der Waals surface area contributed by atoms with Gasteiger partial charge in [0, 0.05) is 12.1 Å². The lowest BCUT2D eigenvalue weighted by Crippen LogP contribution is -2.28. The number of halogens is 2. The van der Waals surface area contributed by atoms with E-state index in [9.17, 15) is 9.59 Å². The third-order valence-corrected chi connectivity index (χ3v) is 5.28. The molecule has 1 fully saturated rings. The number of benzene rings is 1. The number of nitrogens with one attached hydrogen (secondary N) is 2. The third-order valence-electron chi connectivity index (χ3n) is 3.39. The van der Waals surface area contributed by atoms with Crippen molar-refractivity contribution in [1.82, 2.24) is 5.32 Å². The van der Waals surface area contributed by atoms with E-state index in [0.29, 0.717) is 21.8 Å². The summed E-state index contributed by atoms with van der Waals surface area (Å²) in [7, 11) is 0. The molecule has 2 amide bonds. The van der Waals surface area contributed by atoms with Gasteiger partial charge in [-0.1, -0.05) is 54.9 Å². The van der Waals surface area contributed by atoms with Crippen molar-refractivity contribution in [3.63, 3.8) is 0 Å². The summed E-state index contributed by atoms with van der Waals surface area (Å²) in [6, 6.07) is 4.96. The second-order valence-electron chi connectivity index (χ2n) is 6.29. The maximum Gasteiger partial charge on any atom is 0.240 e. The van der Waals surface area contributed by atoms with Crippen LogP contribution in [0.2, 0.25) is 10.0 Å². The third kappa shape index (κ3) is 6.00. The molecule has 140 valence electrons. The number of amidine groups is 1. The molecule has 0 radical (unpaired) electrons. The zero-order chi connectivity index (χ0) is 19.3. The van der Waals surface area contributed by atoms with Gasteiger partial charge in [-0.05, 0) is 31.4 Å². The van der Waals surface area contributed by atoms with Gasteiger partial charge in [0.1, 0.15) is 5.25 Å². The van der Waals surface area contributed by atoms with Crippen LogP contribution in [0.3, 0.4) is 0 Å². The van der Waals surface area contributed by atoms with Crippen LogP contribution in [0, 0.1) is 5.92 Å². The zero-order valence-corrected chi connectivity index (χ0v) is 17.0. The lowest BCUT2D eigenvalue weighted by atomic mass is 10.1. The van der Waals surface area contributed by atoms with Crippen molar-refractivity contribution in [3.8, 4) is 0 Å². The first-order valence-corrected chi connectivity index (χ1v) is 9.72. The van der Waals surface area contributed by atoms with Crippen LogP contribution in [0.1, 0.15) is 33.6 Å². The Morgan fingerprint density at radius 3 is 2.81 bits per heavy atom. The molecule has 0 spiro atoms. The molecular weight excluding hydrogens is 395 g/mol. The van der Waals surface area contributed by atoms with Crippen LogP contribution in [0.4, 0.5) is 5.69 Å². The molecule has 9 heteroatoms. The molecule has 0 aromatic heterocycles. The van der Waals surface area contributed by atoms with Gasteiger partial charge in [0.05, 0.1) is 15.7 Å². The number of nitrogens with zero attached hydrogens (tertiary/aromatic N) is 2. The van der Waals surface area contributed by atoms with Crippen molar-refractivity contribution < 1.29 is 9.59 Å². The molecule has 1 aliphatic heterocycles. The maximum atomic E-state index is 12.2. The minimum atomic E-state index is -0.563. The van der Waals surface area contributed by atoms with Gasteiger partial charge >= 0.3 is 0 Å². The molecule has 1 heterocycles. The van der Waals surface area contributed by atoms with Gasteiger partial charge in [-0.3, -0.25) is 9.59 Å². The Balaban J connectivity index is 1.95. The molecule has 1 saturated heterocycles. The summed E-state index contributed by atoms with van der Waals surface area (Å²) in [6.07, 6.45) is 0.828. The number of anilines is 1. The van der Waals surface area contributed by atoms with Crippen LogP contribution in [0.25, 0.3) is 0 Å². The number of carbonyl (C=O) groups is 2. The fourth-order valence-corrected chi connectivity index (χ4v) is 3.58. The molecular formula is C17H20Cl2N4O2S. The Labute approximate surface area is 166 Å². The number of hydrogen-bond acceptors (Lipinski definition) is 5. The average Bonchev–Trinajstić information content (AvgIpc) is 2.89. The van der Waals surface area contributed by atoms with Crippen molar-refractivity contribution in [3.05, 3.63) is 28.2 Å². The Bertz CT molecular complexity index is 765. The van der Waals surface area contributed by atoms with Crippen LogP contribution < -0.4 is 10.6 Å². The molecule has 6 nitrogen and oxygen atoms in total. The predicted molar refractivity (Wildman–Crippen MR) is 109 cm³/mol. The quantitative estimate of drug-likeness (QED) is 0.536. The molecule has 0 bridgehead atoms. The standard InChI is InChI=1S/C17H20Cl2N4O2S/c1-9(2)7-10(3)22-23-17-21-16(25)13(26-17)8-14(24)20-12-6-4-5-11(18)15(12)19/h4-6,9,13H,7-8H2,1-3H3,(H,20,24)(H,21,23,25)/b22-10-. The molecule has 1 aromatic carbocycles. The van der Waals surface area contributed by atoms with E-state index in [-0.39, 0.29) is 23.3 Å². The highest BCUT2D eigenvalue weighted by molar-refractivity contribution is 8.15. The van der Waals surface area contributed by atoms with E-state index in [4.69, 9.17) is 23.2 Å². The highest BCUT2D eigenvalue weighted by Gasteiger charge is 2.32. The maximum absolute atomic E-state index is 12.2. The molecule has 1 aliphatic rings. The van der Waals surface area contributed by atoms with Gasteiger partial charge in [0.15, 0.2) is 5.17 Å². The van der Waals surface area contributed by atoms with Crippen LogP contribution in [0.5, 0.6) is 0 Å². The molecule has 1 unspecified atom stereocenters. The fraction of sp³-hybridized carbons (Fsp3) is 0.412. The smallest absolute Gasteiger partial charge is 0.240 e. The average molecular weight is 415 g/mol. The number of amides is 2. The van der Waals surface area contributed by atoms with Crippen LogP contribution in [0.15, 0.2) is 28.4 Å². The Morgan fingerprint density at radius 1 is 1.38 bits per heavy atom. The van der Waals surface area contributed by atoms with Crippen molar-refractivity contribution in [2.45, 2.75) is 38.9 Å². The van der Waals surface area contributed by atoms with Gasteiger partial charge in [0.2, 0.25) is 11.8 Å². The minimum Gasteiger partial charge on any atom is -0.325 e. The largest absolute Gasteiger partial charge is 0.325 e. The van der Waals surface area contributed by atoms with E-state index >= 15 is 0 Å². The molecule has 1 atom stereocenters. The second kappa shape index (κ2) is 9.39. The van der Waals surface area contributed by atoms with Crippen molar-refractivity contribution in [2.24, 2.45) is 16.1 Å². The van der Waals surface area contributed by atoms with Gasteiger partial charge < -0.3 is 10.6 Å². The van der Waals surface area contributed by atoms with Crippen LogP contribution in [-0.2, 0) is 9.59 Å². The number of hydrogen-bond donors (Lipinski definition) is 2. The number of thioether (sulfide) groups is 1. The summed E-state index contributed by atoms with van der Waals surface area (Å²) in [5.41, 5.74) is 1.30. The SMILES string of the molecule is C/C(CC(C)C)=N/N=C1\NC(=O)C(CC(=O)Nc2cccc(Cl)c2Cl)S1. The van der Waals surface area contributed by atoms with Crippen molar-refractivity contribution in [1.29, 1.82) is 0 Å². The van der Waals surface area contributed by atoms with Gasteiger partial charge in [-0.25, -0.2) is 0 Å². The molecule has 1 aromatic rings. The highest BCUT2D eigenvalue weighted by Crippen LogP contribution is 2.30. The van der Waals surface area contributed by atoms with E-state index in [0.717, 1.165) is 12.1 Å². The summed E-state index contributed by atoms with van der Waals surface area (Å²) in [4.78, 5) is 24.2. The summed E-state index contributed by atoms with van der Waals surface area (Å²) < 4.78 is 0. The normalized spacial score (nSPS) is 19.2. The van der Waals surface area contributed by atoms with E-state index in [1.54, 1.807) is 18.2 Å². The van der Waals surface area contributed by atoms with Crippen molar-refractivity contribution >= 4 is 63.3 Å². The predicted octanol–water partition coefficient (Wildman–Crippen LogP) is 4.33. The first-order valence-electron chi connectivity index (χ1n) is 8.08. The highest BCUT2D eigenvalue weighted by atomic mass is 35.5. The van der Waals surface area contributed by atoms with Crippen molar-refractivity contribution in [2.75, 3.05) is 5.32 Å². The fourth-order valence-electron chi connectivity index (χ4n) is 2.32. The topological polar surface area (TPSA) is 82.9 Å². The Kier molecular flexibility index (Phi) is 7.49. The van der Waals surface area contributed by atoms with Crippen LogP contribution >= 0.6 is 35.0 Å². The summed E-state index contributed by atoms with van der Waals surface area (Å²) in [6.45, 7) is 6.09. The summed E-state index contributed by atoms with van der Waals surface area (Å²) in [5, 5.41) is 13.9. The molecule has 0 saturated carbocycles. The number of carbonyl (C=O) groups excluding carboxylic acids is 2. The zero-order valence-electron chi connectivity index (χ0n) is 14.7. The first kappa shape index (κ1) is 20.7. The number of rotatable bonds is 6. The van der Waals surface area contributed by atoms with E-state index in [2.05, 4.69) is 34.7 Å². The summed E-state index contributed by atoms with van der Waals surface area (Å²) in [5.74, 6) is -0.111. The lowest BCUT2D eigenvalue weighted by Gasteiger charge is -2.09.